The van der Waals surface area contributed by atoms with E-state index in [9.17, 15) is 0 Å². The largest absolute Gasteiger partial charge is 0.324 e. The monoisotopic (exact) mass is 338 g/mol. The Kier molecular flexibility index (Phi) is 14.0. The number of nitrogens with zero attached hydrogens (tertiary/aromatic N) is 1. The molecule has 24 heavy (non-hydrogen) atoms. The van der Waals surface area contributed by atoms with Crippen LogP contribution in [0.1, 0.15) is 123 Å². The fourth-order valence-corrected chi connectivity index (χ4v) is 4.55. The molecular weight excluding hydrogens is 290 g/mol. The first-order valence-corrected chi connectivity index (χ1v) is 11.7. The highest BCUT2D eigenvalue weighted by Crippen LogP contribution is 2.22. The highest BCUT2D eigenvalue weighted by atomic mass is 15.3. The van der Waals surface area contributed by atoms with E-state index in [-0.39, 0.29) is 0 Å². The van der Waals surface area contributed by atoms with E-state index in [4.69, 9.17) is 0 Å². The molecule has 0 unspecified atom stereocenters. The molecule has 0 radical (unpaired) electrons. The molecule has 0 N–H and O–H groups in total. The molecule has 0 bridgehead atoms. The van der Waals surface area contributed by atoms with Gasteiger partial charge in [-0.05, 0) is 44.9 Å². The number of hydrogen-bond acceptors (Lipinski definition) is 0. The predicted molar refractivity (Wildman–Crippen MR) is 110 cm³/mol. The maximum Gasteiger partial charge on any atom is 0.0786 e. The van der Waals surface area contributed by atoms with Gasteiger partial charge in [0.1, 0.15) is 0 Å². The van der Waals surface area contributed by atoms with Crippen LogP contribution in [-0.4, -0.2) is 30.7 Å². The summed E-state index contributed by atoms with van der Waals surface area (Å²) in [6, 6.07) is 0. The smallest absolute Gasteiger partial charge is 0.0786 e. The Bertz CT molecular complexity index is 255. The summed E-state index contributed by atoms with van der Waals surface area (Å²) in [7, 11) is 0. The van der Waals surface area contributed by atoms with Crippen molar-refractivity contribution in [3.8, 4) is 0 Å². The zero-order chi connectivity index (χ0) is 17.3. The molecule has 0 aromatic heterocycles. The third-order valence-corrected chi connectivity index (χ3v) is 6.24. The molecule has 1 heterocycles. The van der Waals surface area contributed by atoms with Crippen LogP contribution >= 0.6 is 0 Å². The molecule has 0 aromatic carbocycles. The minimum atomic E-state index is 1.37. The first kappa shape index (κ1) is 22.0. The third-order valence-electron chi connectivity index (χ3n) is 6.24. The Balaban J connectivity index is 2.05. The van der Waals surface area contributed by atoms with Gasteiger partial charge in [0.25, 0.3) is 0 Å². The fourth-order valence-electron chi connectivity index (χ4n) is 4.55. The summed E-state index contributed by atoms with van der Waals surface area (Å²) in [6.45, 7) is 10.6. The minimum absolute atomic E-state index is 1.37. The number of unbranched alkanes of at least 4 members (excludes halogenated alkanes) is 12. The second kappa shape index (κ2) is 15.2. The van der Waals surface area contributed by atoms with Gasteiger partial charge in [0, 0.05) is 0 Å². The zero-order valence-electron chi connectivity index (χ0n) is 17.3. The molecule has 1 aliphatic rings. The van der Waals surface area contributed by atoms with Crippen molar-refractivity contribution in [2.24, 2.45) is 0 Å². The van der Waals surface area contributed by atoms with Crippen LogP contribution in [0.25, 0.3) is 0 Å². The Morgan fingerprint density at radius 3 is 1.29 bits per heavy atom. The lowest BCUT2D eigenvalue weighted by molar-refractivity contribution is -0.932. The number of hydrogen-bond donors (Lipinski definition) is 0. The number of quaternary nitrogens is 1. The van der Waals surface area contributed by atoms with Gasteiger partial charge in [0.05, 0.1) is 26.2 Å². The summed E-state index contributed by atoms with van der Waals surface area (Å²) >= 11 is 0. The molecule has 1 rings (SSSR count). The van der Waals surface area contributed by atoms with Gasteiger partial charge in [-0.25, -0.2) is 0 Å². The quantitative estimate of drug-likeness (QED) is 0.202. The molecule has 0 atom stereocenters. The average Bonchev–Trinajstić information content (AvgIpc) is 2.61. The van der Waals surface area contributed by atoms with E-state index >= 15 is 0 Å². The molecule has 1 aliphatic heterocycles. The summed E-state index contributed by atoms with van der Waals surface area (Å²) in [5, 5.41) is 0. The second-order valence-corrected chi connectivity index (χ2v) is 8.54. The predicted octanol–water partition coefficient (Wildman–Crippen LogP) is 7.49. The summed E-state index contributed by atoms with van der Waals surface area (Å²) < 4.78 is 1.49. The lowest BCUT2D eigenvalue weighted by atomic mass is 10.0. The Hall–Kier alpha value is -0.0400. The van der Waals surface area contributed by atoms with Gasteiger partial charge < -0.3 is 4.48 Å². The van der Waals surface area contributed by atoms with Gasteiger partial charge in [0.15, 0.2) is 0 Å². The Morgan fingerprint density at radius 2 is 0.833 bits per heavy atom. The van der Waals surface area contributed by atoms with Gasteiger partial charge >= 0.3 is 0 Å². The van der Waals surface area contributed by atoms with Crippen LogP contribution in [0, 0.1) is 0 Å². The van der Waals surface area contributed by atoms with Crippen molar-refractivity contribution in [3.05, 3.63) is 0 Å². The van der Waals surface area contributed by atoms with E-state index in [1.165, 1.54) is 140 Å². The van der Waals surface area contributed by atoms with E-state index in [2.05, 4.69) is 13.8 Å². The maximum atomic E-state index is 2.33. The van der Waals surface area contributed by atoms with Crippen LogP contribution in [0.4, 0.5) is 0 Å². The van der Waals surface area contributed by atoms with Crippen LogP contribution < -0.4 is 0 Å². The zero-order valence-corrected chi connectivity index (χ0v) is 17.3. The summed E-state index contributed by atoms with van der Waals surface area (Å²) in [5.74, 6) is 0. The fraction of sp³-hybridized carbons (Fsp3) is 1.00. The van der Waals surface area contributed by atoms with Crippen molar-refractivity contribution in [2.45, 2.75) is 123 Å². The van der Waals surface area contributed by atoms with E-state index in [1.54, 1.807) is 0 Å². The van der Waals surface area contributed by atoms with E-state index < -0.39 is 0 Å². The van der Waals surface area contributed by atoms with Crippen molar-refractivity contribution in [3.63, 3.8) is 0 Å². The summed E-state index contributed by atoms with van der Waals surface area (Å²) in [6.07, 6.45) is 24.9. The van der Waals surface area contributed by atoms with Crippen molar-refractivity contribution < 1.29 is 4.48 Å². The van der Waals surface area contributed by atoms with Crippen LogP contribution in [-0.2, 0) is 0 Å². The molecule has 1 nitrogen and oxygen atoms in total. The standard InChI is InChI=1S/C23H48N/c1-3-5-7-9-10-11-12-13-14-17-21-24(20-16-8-6-4-2)22-18-15-19-23-24/h3-23H2,1-2H3/q+1. The molecule has 1 fully saturated rings. The van der Waals surface area contributed by atoms with Gasteiger partial charge in [-0.15, -0.1) is 0 Å². The Labute approximate surface area is 154 Å². The molecule has 0 aromatic rings. The Morgan fingerprint density at radius 1 is 0.458 bits per heavy atom. The lowest BCUT2D eigenvalue weighted by Crippen LogP contribution is -2.52. The topological polar surface area (TPSA) is 0 Å². The second-order valence-electron chi connectivity index (χ2n) is 8.54. The van der Waals surface area contributed by atoms with Gasteiger partial charge in [-0.2, -0.15) is 0 Å². The van der Waals surface area contributed by atoms with Crippen molar-refractivity contribution in [2.75, 3.05) is 26.2 Å². The number of rotatable bonds is 16. The van der Waals surface area contributed by atoms with Gasteiger partial charge in [0.2, 0.25) is 0 Å². The molecule has 0 aliphatic carbocycles. The van der Waals surface area contributed by atoms with Gasteiger partial charge in [-0.3, -0.25) is 0 Å². The highest BCUT2D eigenvalue weighted by Gasteiger charge is 2.28. The SMILES string of the molecule is CCCCCCCCCCCC[N+]1(CCCCCC)CCCCC1. The molecule has 1 saturated heterocycles. The normalized spacial score (nSPS) is 17.2. The number of likely N-dealkylation sites (tertiary alicyclic amines) is 1. The van der Waals surface area contributed by atoms with Crippen LogP contribution in [0.2, 0.25) is 0 Å². The molecule has 1 heteroatoms. The highest BCUT2D eigenvalue weighted by molar-refractivity contribution is 4.56. The average molecular weight is 339 g/mol. The molecule has 0 spiro atoms. The summed E-state index contributed by atoms with van der Waals surface area (Å²) in [5.41, 5.74) is 0. The molecule has 144 valence electrons. The summed E-state index contributed by atoms with van der Waals surface area (Å²) in [4.78, 5) is 0. The lowest BCUT2D eigenvalue weighted by Gasteiger charge is -2.42. The first-order chi connectivity index (χ1) is 11.8. The molecular formula is C23H48N+. The van der Waals surface area contributed by atoms with Crippen molar-refractivity contribution in [1.29, 1.82) is 0 Å². The van der Waals surface area contributed by atoms with Crippen molar-refractivity contribution in [1.82, 2.24) is 0 Å². The molecule has 0 saturated carbocycles. The van der Waals surface area contributed by atoms with E-state index in [1.807, 2.05) is 0 Å². The van der Waals surface area contributed by atoms with Crippen LogP contribution in [0.3, 0.4) is 0 Å². The van der Waals surface area contributed by atoms with E-state index in [0.29, 0.717) is 0 Å². The number of piperidine rings is 1. The van der Waals surface area contributed by atoms with Crippen LogP contribution in [0.5, 0.6) is 0 Å². The minimum Gasteiger partial charge on any atom is -0.324 e. The van der Waals surface area contributed by atoms with E-state index in [0.717, 1.165) is 0 Å². The van der Waals surface area contributed by atoms with Gasteiger partial charge in [-0.1, -0.05) is 78.1 Å². The third kappa shape index (κ3) is 10.7. The molecule has 0 amide bonds. The van der Waals surface area contributed by atoms with Crippen molar-refractivity contribution >= 4 is 0 Å². The van der Waals surface area contributed by atoms with Crippen LogP contribution in [0.15, 0.2) is 0 Å². The first-order valence-electron chi connectivity index (χ1n) is 11.7. The maximum absolute atomic E-state index is 2.33.